The number of amides is 2. The first-order chi connectivity index (χ1) is 16.4. The number of carbonyl (C=O) groups excluding carboxylic acids is 1. The highest BCUT2D eigenvalue weighted by molar-refractivity contribution is 7.98. The minimum atomic E-state index is -4.22. The van der Waals surface area contributed by atoms with E-state index in [9.17, 15) is 17.6 Å². The Morgan fingerprint density at radius 2 is 1.71 bits per heavy atom. The number of thioether (sulfide) groups is 1. The van der Waals surface area contributed by atoms with E-state index < -0.39 is 21.9 Å². The van der Waals surface area contributed by atoms with Gasteiger partial charge in [-0.25, -0.2) is 17.6 Å². The number of hydrogen-bond donors (Lipinski definition) is 0. The van der Waals surface area contributed by atoms with Crippen molar-refractivity contribution in [3.8, 4) is 11.4 Å². The van der Waals surface area contributed by atoms with Gasteiger partial charge in [0.15, 0.2) is 0 Å². The number of para-hydroxylation sites is 1. The van der Waals surface area contributed by atoms with Crippen molar-refractivity contribution in [1.29, 1.82) is 0 Å². The molecule has 1 aliphatic heterocycles. The second kappa shape index (κ2) is 8.58. The van der Waals surface area contributed by atoms with Crippen LogP contribution in [0, 0.1) is 5.82 Å². The van der Waals surface area contributed by atoms with Crippen LogP contribution in [0.25, 0.3) is 11.4 Å². The second-order valence-corrected chi connectivity index (χ2v) is 9.96. The SMILES string of the molecule is CSc1ccc(-c2noc(CN3C(=O)N(c4ccc(F)cc4)S(=O)(=O)c4ccccc43)n2)cc1. The quantitative estimate of drug-likeness (QED) is 0.361. The molecule has 4 aromatic rings. The van der Waals surface area contributed by atoms with Gasteiger partial charge >= 0.3 is 6.03 Å². The smallest absolute Gasteiger partial charge is 0.337 e. The average Bonchev–Trinajstić information content (AvgIpc) is 3.32. The first-order valence-corrected chi connectivity index (χ1v) is 12.7. The van der Waals surface area contributed by atoms with Crippen LogP contribution in [0.3, 0.4) is 0 Å². The van der Waals surface area contributed by atoms with E-state index in [1.54, 1.807) is 23.9 Å². The lowest BCUT2D eigenvalue weighted by Gasteiger charge is -2.35. The van der Waals surface area contributed by atoms with E-state index in [1.165, 1.54) is 29.2 Å². The first kappa shape index (κ1) is 22.1. The third-order valence-corrected chi connectivity index (χ3v) is 7.74. The molecule has 0 spiro atoms. The standard InChI is InChI=1S/C23H17FN4O4S2/c1-33-18-12-6-15(7-13-18)22-25-21(32-26-22)14-27-19-4-2-3-5-20(19)34(30,31)28(23(27)29)17-10-8-16(24)9-11-17/h2-13H,14H2,1H3. The number of fused-ring (bicyclic) bond motifs is 1. The molecule has 0 bridgehead atoms. The maximum Gasteiger partial charge on any atom is 0.343 e. The third kappa shape index (κ3) is 3.82. The molecule has 0 unspecified atom stereocenters. The minimum Gasteiger partial charge on any atom is -0.337 e. The number of urea groups is 1. The number of aromatic nitrogens is 2. The van der Waals surface area contributed by atoms with Crippen LogP contribution in [0.15, 0.2) is 87.1 Å². The highest BCUT2D eigenvalue weighted by Crippen LogP contribution is 2.38. The number of benzene rings is 3. The summed E-state index contributed by atoms with van der Waals surface area (Å²) in [5, 5.41) is 4.00. The third-order valence-electron chi connectivity index (χ3n) is 5.25. The Kier molecular flexibility index (Phi) is 5.58. The van der Waals surface area contributed by atoms with Crippen LogP contribution in [0.1, 0.15) is 5.89 Å². The Balaban J connectivity index is 1.52. The molecule has 0 radical (unpaired) electrons. The molecule has 0 aliphatic carbocycles. The van der Waals surface area contributed by atoms with E-state index in [1.807, 2.05) is 30.5 Å². The van der Waals surface area contributed by atoms with E-state index in [0.29, 0.717) is 10.1 Å². The zero-order valence-corrected chi connectivity index (χ0v) is 19.4. The number of rotatable bonds is 5. The Morgan fingerprint density at radius 3 is 2.41 bits per heavy atom. The van der Waals surface area contributed by atoms with Gasteiger partial charge in [0.25, 0.3) is 10.0 Å². The van der Waals surface area contributed by atoms with Crippen molar-refractivity contribution >= 4 is 39.2 Å². The van der Waals surface area contributed by atoms with Crippen molar-refractivity contribution in [3.63, 3.8) is 0 Å². The van der Waals surface area contributed by atoms with Gasteiger partial charge in [0, 0.05) is 10.5 Å². The Bertz CT molecular complexity index is 1470. The van der Waals surface area contributed by atoms with Crippen molar-refractivity contribution in [2.45, 2.75) is 16.3 Å². The van der Waals surface area contributed by atoms with Crippen molar-refractivity contribution in [3.05, 3.63) is 84.5 Å². The van der Waals surface area contributed by atoms with Gasteiger partial charge in [-0.05, 0) is 66.9 Å². The van der Waals surface area contributed by atoms with Crippen LogP contribution in [0.2, 0.25) is 0 Å². The highest BCUT2D eigenvalue weighted by atomic mass is 32.2. The van der Waals surface area contributed by atoms with Gasteiger partial charge in [0.2, 0.25) is 11.7 Å². The summed E-state index contributed by atoms with van der Waals surface area (Å²) < 4.78 is 46.0. The fourth-order valence-electron chi connectivity index (χ4n) is 3.60. The summed E-state index contributed by atoms with van der Waals surface area (Å²) in [4.78, 5) is 20.1. The average molecular weight is 497 g/mol. The van der Waals surface area contributed by atoms with Gasteiger partial charge in [-0.3, -0.25) is 4.90 Å². The molecule has 0 saturated heterocycles. The molecule has 5 rings (SSSR count). The molecular weight excluding hydrogens is 479 g/mol. The van der Waals surface area contributed by atoms with Crippen molar-refractivity contribution < 1.29 is 22.1 Å². The molecule has 1 aromatic heterocycles. The molecular formula is C23H17FN4O4S2. The Hall–Kier alpha value is -3.70. The summed E-state index contributed by atoms with van der Waals surface area (Å²) >= 11 is 1.61. The van der Waals surface area contributed by atoms with Crippen molar-refractivity contribution in [1.82, 2.24) is 10.1 Å². The molecule has 0 fully saturated rings. The largest absolute Gasteiger partial charge is 0.343 e. The molecule has 2 heterocycles. The lowest BCUT2D eigenvalue weighted by molar-refractivity contribution is 0.252. The molecule has 2 amide bonds. The lowest BCUT2D eigenvalue weighted by Crippen LogP contribution is -2.50. The monoisotopic (exact) mass is 496 g/mol. The van der Waals surface area contributed by atoms with E-state index in [2.05, 4.69) is 10.1 Å². The van der Waals surface area contributed by atoms with Crippen molar-refractivity contribution in [2.24, 2.45) is 0 Å². The van der Waals surface area contributed by atoms with Gasteiger partial charge in [-0.1, -0.05) is 17.3 Å². The van der Waals surface area contributed by atoms with Crippen LogP contribution in [0.4, 0.5) is 20.6 Å². The summed E-state index contributed by atoms with van der Waals surface area (Å²) in [7, 11) is -4.22. The predicted molar refractivity (Wildman–Crippen MR) is 126 cm³/mol. The number of carbonyl (C=O) groups is 1. The summed E-state index contributed by atoms with van der Waals surface area (Å²) in [6.45, 7) is -0.154. The number of nitrogens with zero attached hydrogens (tertiary/aromatic N) is 4. The number of halogens is 1. The normalized spacial score (nSPS) is 14.8. The van der Waals surface area contributed by atoms with Crippen molar-refractivity contribution in [2.75, 3.05) is 15.5 Å². The Morgan fingerprint density at radius 1 is 1.00 bits per heavy atom. The minimum absolute atomic E-state index is 0.0194. The zero-order chi connectivity index (χ0) is 23.9. The van der Waals surface area contributed by atoms with Crippen LogP contribution >= 0.6 is 11.8 Å². The first-order valence-electron chi connectivity index (χ1n) is 10.1. The molecule has 172 valence electrons. The van der Waals surface area contributed by atoms with E-state index in [-0.39, 0.29) is 28.7 Å². The Labute approximate surface area is 199 Å². The summed E-state index contributed by atoms with van der Waals surface area (Å²) in [5.74, 6) is -0.0688. The maximum atomic E-state index is 13.4. The molecule has 8 nitrogen and oxygen atoms in total. The topological polar surface area (TPSA) is 96.6 Å². The van der Waals surface area contributed by atoms with Crippen LogP contribution in [-0.2, 0) is 16.6 Å². The molecule has 11 heteroatoms. The van der Waals surface area contributed by atoms with Gasteiger partial charge in [0.05, 0.1) is 11.4 Å². The van der Waals surface area contributed by atoms with Crippen LogP contribution in [0.5, 0.6) is 0 Å². The molecule has 0 N–H and O–H groups in total. The fourth-order valence-corrected chi connectivity index (χ4v) is 5.60. The van der Waals surface area contributed by atoms with E-state index in [4.69, 9.17) is 4.52 Å². The van der Waals surface area contributed by atoms with E-state index >= 15 is 0 Å². The summed E-state index contributed by atoms with van der Waals surface area (Å²) in [6.07, 6.45) is 1.98. The molecule has 0 saturated carbocycles. The number of sulfonamides is 1. The maximum absolute atomic E-state index is 13.4. The zero-order valence-electron chi connectivity index (χ0n) is 17.8. The van der Waals surface area contributed by atoms with Gasteiger partial charge in [-0.2, -0.15) is 9.29 Å². The number of anilines is 2. The highest BCUT2D eigenvalue weighted by Gasteiger charge is 2.43. The predicted octanol–water partition coefficient (Wildman–Crippen LogP) is 4.93. The van der Waals surface area contributed by atoms with Gasteiger partial charge in [0.1, 0.15) is 17.3 Å². The fraction of sp³-hybridized carbons (Fsp3) is 0.0870. The lowest BCUT2D eigenvalue weighted by atomic mass is 10.2. The molecule has 3 aromatic carbocycles. The molecule has 1 aliphatic rings. The summed E-state index contributed by atoms with van der Waals surface area (Å²) in [6, 6.07) is 17.6. The van der Waals surface area contributed by atoms with E-state index in [0.717, 1.165) is 22.6 Å². The number of hydrogen-bond acceptors (Lipinski definition) is 7. The second-order valence-electron chi connectivity index (χ2n) is 7.32. The summed E-state index contributed by atoms with van der Waals surface area (Å²) in [5.41, 5.74) is 0.953. The van der Waals surface area contributed by atoms with Gasteiger partial charge < -0.3 is 4.52 Å². The van der Waals surface area contributed by atoms with Gasteiger partial charge in [-0.15, -0.1) is 11.8 Å². The molecule has 34 heavy (non-hydrogen) atoms. The van der Waals surface area contributed by atoms with Crippen LogP contribution in [-0.4, -0.2) is 30.8 Å². The molecule has 0 atom stereocenters. The van der Waals surface area contributed by atoms with Crippen LogP contribution < -0.4 is 9.21 Å².